The molecule has 0 unspecified atom stereocenters. The van der Waals surface area contributed by atoms with Gasteiger partial charge < -0.3 is 15.4 Å². The average Bonchev–Trinajstić information content (AvgIpc) is 2.64. The lowest BCUT2D eigenvalue weighted by Gasteiger charge is -2.32. The first-order valence-corrected chi connectivity index (χ1v) is 11.6. The molecule has 1 aliphatic rings. The number of nitrogens with one attached hydrogen (secondary N) is 2. The van der Waals surface area contributed by atoms with Crippen molar-refractivity contribution in [2.45, 2.75) is 50.5 Å². The summed E-state index contributed by atoms with van der Waals surface area (Å²) in [6.45, 7) is 5.72. The van der Waals surface area contributed by atoms with E-state index in [0.29, 0.717) is 29.8 Å². The SMILES string of the molecule is CN=C(NCCOc1ccc(S(C)(=O)=O)cc1)NC1CCC(C(C)C)CC1.I. The third-order valence-electron chi connectivity index (χ3n) is 5.19. The highest BCUT2D eigenvalue weighted by Crippen LogP contribution is 2.29. The fourth-order valence-electron chi connectivity index (χ4n) is 3.44. The van der Waals surface area contributed by atoms with Crippen molar-refractivity contribution in [2.75, 3.05) is 26.5 Å². The molecular weight excluding hydrogens is 489 g/mol. The number of rotatable bonds is 7. The minimum atomic E-state index is -3.17. The number of sulfone groups is 1. The van der Waals surface area contributed by atoms with E-state index in [4.69, 9.17) is 4.74 Å². The number of ether oxygens (including phenoxy) is 1. The predicted molar refractivity (Wildman–Crippen MR) is 126 cm³/mol. The first-order chi connectivity index (χ1) is 12.8. The Balaban J connectivity index is 0.00000392. The summed E-state index contributed by atoms with van der Waals surface area (Å²) in [6.07, 6.45) is 6.12. The first kappa shape index (κ1) is 25.0. The number of nitrogens with zero attached hydrogens (tertiary/aromatic N) is 1. The number of guanidine groups is 1. The lowest BCUT2D eigenvalue weighted by molar-refractivity contribution is 0.249. The Kier molecular flexibility index (Phi) is 10.6. The van der Waals surface area contributed by atoms with Gasteiger partial charge in [0.1, 0.15) is 12.4 Å². The van der Waals surface area contributed by atoms with Crippen LogP contribution in [-0.2, 0) is 9.84 Å². The monoisotopic (exact) mass is 523 g/mol. The summed E-state index contributed by atoms with van der Waals surface area (Å²) in [5.41, 5.74) is 0. The fourth-order valence-corrected chi connectivity index (χ4v) is 4.07. The Morgan fingerprint density at radius 2 is 1.79 bits per heavy atom. The van der Waals surface area contributed by atoms with E-state index in [9.17, 15) is 8.42 Å². The van der Waals surface area contributed by atoms with Gasteiger partial charge in [-0.2, -0.15) is 0 Å². The molecule has 2 rings (SSSR count). The van der Waals surface area contributed by atoms with Crippen molar-refractivity contribution in [3.8, 4) is 5.75 Å². The summed E-state index contributed by atoms with van der Waals surface area (Å²) in [6, 6.07) is 6.96. The van der Waals surface area contributed by atoms with Crippen LogP contribution in [0.15, 0.2) is 34.2 Å². The second-order valence-electron chi connectivity index (χ2n) is 7.59. The maximum atomic E-state index is 11.5. The quantitative estimate of drug-likeness (QED) is 0.248. The van der Waals surface area contributed by atoms with E-state index in [0.717, 1.165) is 17.8 Å². The van der Waals surface area contributed by atoms with Crippen LogP contribution in [0.5, 0.6) is 5.75 Å². The zero-order chi connectivity index (χ0) is 19.9. The molecule has 6 nitrogen and oxygen atoms in total. The van der Waals surface area contributed by atoms with Crippen molar-refractivity contribution >= 4 is 39.8 Å². The van der Waals surface area contributed by atoms with E-state index < -0.39 is 9.84 Å². The smallest absolute Gasteiger partial charge is 0.191 e. The van der Waals surface area contributed by atoms with E-state index in [-0.39, 0.29) is 24.0 Å². The summed E-state index contributed by atoms with van der Waals surface area (Å²) in [5, 5.41) is 6.78. The number of benzene rings is 1. The third-order valence-corrected chi connectivity index (χ3v) is 6.32. The van der Waals surface area contributed by atoms with Crippen LogP contribution in [0, 0.1) is 11.8 Å². The van der Waals surface area contributed by atoms with E-state index in [1.807, 2.05) is 0 Å². The Labute approximate surface area is 186 Å². The molecule has 1 fully saturated rings. The molecular formula is C20H34IN3O3S. The Bertz CT molecular complexity index is 713. The predicted octanol–water partition coefficient (Wildman–Crippen LogP) is 3.47. The van der Waals surface area contributed by atoms with Crippen molar-refractivity contribution < 1.29 is 13.2 Å². The molecule has 1 saturated carbocycles. The average molecular weight is 523 g/mol. The number of aliphatic imine (C=N–C) groups is 1. The molecule has 28 heavy (non-hydrogen) atoms. The molecule has 0 saturated heterocycles. The van der Waals surface area contributed by atoms with Gasteiger partial charge in [0.25, 0.3) is 0 Å². The maximum absolute atomic E-state index is 11.5. The largest absolute Gasteiger partial charge is 0.492 e. The summed E-state index contributed by atoms with van der Waals surface area (Å²) >= 11 is 0. The van der Waals surface area contributed by atoms with Crippen LogP contribution < -0.4 is 15.4 Å². The highest BCUT2D eigenvalue weighted by atomic mass is 127. The molecule has 8 heteroatoms. The van der Waals surface area contributed by atoms with E-state index in [1.165, 1.54) is 31.9 Å². The standard InChI is InChI=1S/C20H33N3O3S.HI/c1-15(2)16-5-7-17(8-6-16)23-20(21-3)22-13-14-26-18-9-11-19(12-10-18)27(4,24)25;/h9-12,15-17H,5-8,13-14H2,1-4H3,(H2,21,22,23);1H. The van der Waals surface area contributed by atoms with Crippen molar-refractivity contribution in [3.63, 3.8) is 0 Å². The van der Waals surface area contributed by atoms with Gasteiger partial charge in [0.2, 0.25) is 0 Å². The molecule has 0 spiro atoms. The molecule has 0 heterocycles. The number of hydrogen-bond acceptors (Lipinski definition) is 4. The van der Waals surface area contributed by atoms with E-state index >= 15 is 0 Å². The molecule has 2 N–H and O–H groups in total. The molecule has 0 amide bonds. The lowest BCUT2D eigenvalue weighted by atomic mass is 9.80. The summed E-state index contributed by atoms with van der Waals surface area (Å²) in [7, 11) is -1.40. The van der Waals surface area contributed by atoms with Gasteiger partial charge in [0.05, 0.1) is 11.4 Å². The van der Waals surface area contributed by atoms with Gasteiger partial charge in [-0.05, 0) is 61.8 Å². The zero-order valence-electron chi connectivity index (χ0n) is 17.3. The highest BCUT2D eigenvalue weighted by Gasteiger charge is 2.23. The van der Waals surface area contributed by atoms with Gasteiger partial charge in [0, 0.05) is 19.3 Å². The van der Waals surface area contributed by atoms with Gasteiger partial charge in [-0.1, -0.05) is 13.8 Å². The number of halogens is 1. The summed E-state index contributed by atoms with van der Waals surface area (Å²) in [5.74, 6) is 3.07. The maximum Gasteiger partial charge on any atom is 0.191 e. The highest BCUT2D eigenvalue weighted by molar-refractivity contribution is 14.0. The van der Waals surface area contributed by atoms with Crippen LogP contribution in [0.2, 0.25) is 0 Å². The van der Waals surface area contributed by atoms with Crippen molar-refractivity contribution in [3.05, 3.63) is 24.3 Å². The fraction of sp³-hybridized carbons (Fsp3) is 0.650. The molecule has 0 bridgehead atoms. The first-order valence-electron chi connectivity index (χ1n) is 9.69. The molecule has 0 radical (unpaired) electrons. The third kappa shape index (κ3) is 8.14. The molecule has 1 aliphatic carbocycles. The topological polar surface area (TPSA) is 79.8 Å². The second-order valence-corrected chi connectivity index (χ2v) is 9.61. The van der Waals surface area contributed by atoms with Crippen LogP contribution >= 0.6 is 24.0 Å². The molecule has 0 aromatic heterocycles. The van der Waals surface area contributed by atoms with Crippen LogP contribution in [0.4, 0.5) is 0 Å². The van der Waals surface area contributed by atoms with Crippen molar-refractivity contribution in [1.29, 1.82) is 0 Å². The van der Waals surface area contributed by atoms with Crippen LogP contribution in [0.3, 0.4) is 0 Å². The Hall–Kier alpha value is -1.03. The van der Waals surface area contributed by atoms with Crippen molar-refractivity contribution in [2.24, 2.45) is 16.8 Å². The summed E-state index contributed by atoms with van der Waals surface area (Å²) < 4.78 is 28.6. The van der Waals surface area contributed by atoms with Gasteiger partial charge in [-0.25, -0.2) is 8.42 Å². The Morgan fingerprint density at radius 3 is 2.29 bits per heavy atom. The van der Waals surface area contributed by atoms with Crippen LogP contribution in [0.1, 0.15) is 39.5 Å². The van der Waals surface area contributed by atoms with Gasteiger partial charge in [0.15, 0.2) is 15.8 Å². The molecule has 0 aliphatic heterocycles. The van der Waals surface area contributed by atoms with Gasteiger partial charge >= 0.3 is 0 Å². The minimum absolute atomic E-state index is 0. The van der Waals surface area contributed by atoms with E-state index in [2.05, 4.69) is 29.5 Å². The normalized spacial score (nSPS) is 20.4. The van der Waals surface area contributed by atoms with Gasteiger partial charge in [-0.3, -0.25) is 4.99 Å². The van der Waals surface area contributed by atoms with E-state index in [1.54, 1.807) is 31.3 Å². The van der Waals surface area contributed by atoms with Crippen molar-refractivity contribution in [1.82, 2.24) is 10.6 Å². The molecule has 1 aromatic carbocycles. The number of hydrogen-bond donors (Lipinski definition) is 2. The Morgan fingerprint density at radius 1 is 1.18 bits per heavy atom. The second kappa shape index (κ2) is 11.8. The lowest BCUT2D eigenvalue weighted by Crippen LogP contribution is -2.46. The zero-order valence-corrected chi connectivity index (χ0v) is 20.4. The molecule has 1 aromatic rings. The molecule has 0 atom stereocenters. The molecule has 160 valence electrons. The summed E-state index contributed by atoms with van der Waals surface area (Å²) in [4.78, 5) is 4.59. The van der Waals surface area contributed by atoms with Gasteiger partial charge in [-0.15, -0.1) is 24.0 Å². The van der Waals surface area contributed by atoms with Crippen LogP contribution in [-0.4, -0.2) is 46.9 Å². The van der Waals surface area contributed by atoms with Crippen LogP contribution in [0.25, 0.3) is 0 Å². The minimum Gasteiger partial charge on any atom is -0.492 e.